The highest BCUT2D eigenvalue weighted by atomic mass is 16.5. The van der Waals surface area contributed by atoms with Crippen LogP contribution in [0.3, 0.4) is 0 Å². The average Bonchev–Trinajstić information content (AvgIpc) is 2.47. The maximum Gasteiger partial charge on any atom is 0.325 e. The van der Waals surface area contributed by atoms with E-state index < -0.39 is 12.0 Å². The molecule has 2 unspecified atom stereocenters. The zero-order valence-electron chi connectivity index (χ0n) is 12.6. The lowest BCUT2D eigenvalue weighted by molar-refractivity contribution is -0.144. The minimum absolute atomic E-state index is 0.261. The van der Waals surface area contributed by atoms with E-state index >= 15 is 0 Å². The van der Waals surface area contributed by atoms with E-state index in [-0.39, 0.29) is 6.04 Å². The Hall–Kier alpha value is -1.79. The summed E-state index contributed by atoms with van der Waals surface area (Å²) in [5, 5.41) is 13.0. The van der Waals surface area contributed by atoms with Crippen LogP contribution in [0.5, 0.6) is 11.5 Å². The minimum Gasteiger partial charge on any atom is -0.497 e. The molecule has 116 valence electrons. The Bertz CT molecular complexity index is 506. The van der Waals surface area contributed by atoms with Crippen molar-refractivity contribution in [3.8, 4) is 11.5 Å². The van der Waals surface area contributed by atoms with Gasteiger partial charge < -0.3 is 19.9 Å². The molecule has 0 saturated carbocycles. The highest BCUT2D eigenvalue weighted by molar-refractivity contribution is 5.77. The van der Waals surface area contributed by atoms with Crippen LogP contribution in [-0.4, -0.2) is 55.9 Å². The number of rotatable bonds is 5. The first-order valence-corrected chi connectivity index (χ1v) is 6.99. The molecule has 0 aliphatic carbocycles. The first-order valence-electron chi connectivity index (χ1n) is 6.99. The second kappa shape index (κ2) is 6.78. The monoisotopic (exact) mass is 294 g/mol. The predicted molar refractivity (Wildman–Crippen MR) is 79.0 cm³/mol. The van der Waals surface area contributed by atoms with E-state index in [1.807, 2.05) is 11.8 Å². The summed E-state index contributed by atoms with van der Waals surface area (Å²) in [6.07, 6.45) is 0. The maximum absolute atomic E-state index is 11.8. The first kappa shape index (κ1) is 15.6. The molecule has 2 atom stereocenters. The van der Waals surface area contributed by atoms with Crippen molar-refractivity contribution in [1.82, 2.24) is 10.2 Å². The molecule has 0 spiro atoms. The number of aliphatic carboxylic acids is 1. The SMILES string of the molecule is COc1ccc(OC)c(C(C(=O)O)N2CCNC(C)C2)c1. The summed E-state index contributed by atoms with van der Waals surface area (Å²) in [6, 6.07) is 4.78. The number of benzene rings is 1. The number of nitrogens with one attached hydrogen (secondary N) is 1. The first-order chi connectivity index (χ1) is 10.1. The van der Waals surface area contributed by atoms with E-state index in [1.54, 1.807) is 32.4 Å². The number of carboxylic acids is 1. The molecule has 1 aromatic carbocycles. The molecule has 2 N–H and O–H groups in total. The minimum atomic E-state index is -0.879. The van der Waals surface area contributed by atoms with Crippen LogP contribution in [0, 0.1) is 0 Å². The van der Waals surface area contributed by atoms with Gasteiger partial charge in [-0.25, -0.2) is 0 Å². The summed E-state index contributed by atoms with van der Waals surface area (Å²) in [5.74, 6) is 0.310. The Morgan fingerprint density at radius 3 is 2.76 bits per heavy atom. The Balaban J connectivity index is 2.39. The van der Waals surface area contributed by atoms with Gasteiger partial charge in [-0.1, -0.05) is 0 Å². The lowest BCUT2D eigenvalue weighted by Crippen LogP contribution is -2.51. The zero-order chi connectivity index (χ0) is 15.4. The van der Waals surface area contributed by atoms with Gasteiger partial charge in [0.25, 0.3) is 0 Å². The molecular weight excluding hydrogens is 272 g/mol. The standard InChI is InChI=1S/C15H22N2O4/c1-10-9-17(7-6-16-10)14(15(18)19)12-8-11(20-2)4-5-13(12)21-3/h4-5,8,10,14,16H,6-7,9H2,1-3H3,(H,18,19). The quantitative estimate of drug-likeness (QED) is 0.848. The van der Waals surface area contributed by atoms with Crippen LogP contribution >= 0.6 is 0 Å². The summed E-state index contributed by atoms with van der Waals surface area (Å²) in [5.41, 5.74) is 0.624. The van der Waals surface area contributed by atoms with Crippen molar-refractivity contribution in [3.63, 3.8) is 0 Å². The molecule has 1 aliphatic rings. The third-order valence-corrected chi connectivity index (χ3v) is 3.73. The highest BCUT2D eigenvalue weighted by Crippen LogP contribution is 2.33. The maximum atomic E-state index is 11.8. The van der Waals surface area contributed by atoms with Crippen LogP contribution < -0.4 is 14.8 Å². The summed E-state index contributed by atoms with van der Waals surface area (Å²) in [4.78, 5) is 13.8. The summed E-state index contributed by atoms with van der Waals surface area (Å²) >= 11 is 0. The molecule has 1 saturated heterocycles. The van der Waals surface area contributed by atoms with E-state index in [4.69, 9.17) is 9.47 Å². The number of hydrogen-bond donors (Lipinski definition) is 2. The number of hydrogen-bond acceptors (Lipinski definition) is 5. The fraction of sp³-hybridized carbons (Fsp3) is 0.533. The third kappa shape index (κ3) is 3.46. The molecule has 1 aromatic rings. The van der Waals surface area contributed by atoms with E-state index in [0.717, 1.165) is 6.54 Å². The number of carboxylic acid groups (broad SMARTS) is 1. The average molecular weight is 294 g/mol. The van der Waals surface area contributed by atoms with Gasteiger partial charge in [0.2, 0.25) is 0 Å². The topological polar surface area (TPSA) is 71.0 Å². The Morgan fingerprint density at radius 2 is 2.19 bits per heavy atom. The largest absolute Gasteiger partial charge is 0.497 e. The zero-order valence-corrected chi connectivity index (χ0v) is 12.6. The molecule has 1 fully saturated rings. The van der Waals surface area contributed by atoms with Gasteiger partial charge in [-0.05, 0) is 25.1 Å². The molecular formula is C15H22N2O4. The van der Waals surface area contributed by atoms with Crippen molar-refractivity contribution in [1.29, 1.82) is 0 Å². The van der Waals surface area contributed by atoms with E-state index in [2.05, 4.69) is 5.32 Å². The fourth-order valence-corrected chi connectivity index (χ4v) is 2.74. The molecule has 6 nitrogen and oxygen atoms in total. The Morgan fingerprint density at radius 1 is 1.43 bits per heavy atom. The lowest BCUT2D eigenvalue weighted by Gasteiger charge is -2.36. The molecule has 0 radical (unpaired) electrons. The number of carbonyl (C=O) groups is 1. The number of ether oxygens (including phenoxy) is 2. The van der Waals surface area contributed by atoms with Crippen molar-refractivity contribution >= 4 is 5.97 Å². The second-order valence-corrected chi connectivity index (χ2v) is 5.20. The van der Waals surface area contributed by atoms with Crippen molar-refractivity contribution < 1.29 is 19.4 Å². The Labute approximate surface area is 124 Å². The van der Waals surface area contributed by atoms with E-state index in [0.29, 0.717) is 30.2 Å². The van der Waals surface area contributed by atoms with Gasteiger partial charge in [0.15, 0.2) is 0 Å². The number of nitrogens with zero attached hydrogens (tertiary/aromatic N) is 1. The van der Waals surface area contributed by atoms with E-state index in [1.165, 1.54) is 0 Å². The van der Waals surface area contributed by atoms with Gasteiger partial charge in [0.05, 0.1) is 14.2 Å². The molecule has 21 heavy (non-hydrogen) atoms. The normalized spacial score (nSPS) is 20.8. The van der Waals surface area contributed by atoms with Gasteiger partial charge >= 0.3 is 5.97 Å². The van der Waals surface area contributed by atoms with Gasteiger partial charge in [0, 0.05) is 31.2 Å². The predicted octanol–water partition coefficient (Wildman–Crippen LogP) is 1.12. The lowest BCUT2D eigenvalue weighted by atomic mass is 10.0. The van der Waals surface area contributed by atoms with Gasteiger partial charge in [-0.3, -0.25) is 9.69 Å². The third-order valence-electron chi connectivity index (χ3n) is 3.73. The van der Waals surface area contributed by atoms with Gasteiger partial charge in [-0.2, -0.15) is 0 Å². The molecule has 0 bridgehead atoms. The van der Waals surface area contributed by atoms with Crippen molar-refractivity contribution in [2.45, 2.75) is 19.0 Å². The smallest absolute Gasteiger partial charge is 0.325 e. The molecule has 2 rings (SSSR count). The van der Waals surface area contributed by atoms with Crippen LogP contribution in [-0.2, 0) is 4.79 Å². The van der Waals surface area contributed by atoms with Crippen molar-refractivity contribution in [2.24, 2.45) is 0 Å². The number of methoxy groups -OCH3 is 2. The van der Waals surface area contributed by atoms with Crippen molar-refractivity contribution in [2.75, 3.05) is 33.9 Å². The summed E-state index contributed by atoms with van der Waals surface area (Å²) in [6.45, 7) is 4.18. The summed E-state index contributed by atoms with van der Waals surface area (Å²) < 4.78 is 10.5. The van der Waals surface area contributed by atoms with E-state index in [9.17, 15) is 9.90 Å². The van der Waals surface area contributed by atoms with Crippen molar-refractivity contribution in [3.05, 3.63) is 23.8 Å². The van der Waals surface area contributed by atoms with Crippen LogP contribution in [0.2, 0.25) is 0 Å². The molecule has 1 heterocycles. The van der Waals surface area contributed by atoms with Gasteiger partial charge in [-0.15, -0.1) is 0 Å². The molecule has 1 aliphatic heterocycles. The fourth-order valence-electron chi connectivity index (χ4n) is 2.74. The van der Waals surface area contributed by atoms with Crippen LogP contribution in [0.1, 0.15) is 18.5 Å². The van der Waals surface area contributed by atoms with Crippen LogP contribution in [0.25, 0.3) is 0 Å². The number of piperazine rings is 1. The molecule has 0 amide bonds. The van der Waals surface area contributed by atoms with Gasteiger partial charge in [0.1, 0.15) is 17.5 Å². The van der Waals surface area contributed by atoms with Crippen LogP contribution in [0.4, 0.5) is 0 Å². The summed E-state index contributed by atoms with van der Waals surface area (Å²) in [7, 11) is 3.11. The molecule has 0 aromatic heterocycles. The Kier molecular flexibility index (Phi) is 5.03. The van der Waals surface area contributed by atoms with Crippen LogP contribution in [0.15, 0.2) is 18.2 Å². The molecule has 6 heteroatoms. The highest BCUT2D eigenvalue weighted by Gasteiger charge is 2.32. The second-order valence-electron chi connectivity index (χ2n) is 5.20.